The summed E-state index contributed by atoms with van der Waals surface area (Å²) in [6.07, 6.45) is 8.23. The lowest BCUT2D eigenvalue weighted by Crippen LogP contribution is -2.37. The maximum atomic E-state index is 13.2. The first kappa shape index (κ1) is 27.7. The summed E-state index contributed by atoms with van der Waals surface area (Å²) in [6, 6.07) is 7.86. The monoisotopic (exact) mass is 554 g/mol. The van der Waals surface area contributed by atoms with Gasteiger partial charge in [-0.1, -0.05) is 25.5 Å². The van der Waals surface area contributed by atoms with Crippen molar-refractivity contribution in [2.24, 2.45) is 5.92 Å². The number of aromatic nitrogens is 4. The van der Waals surface area contributed by atoms with Gasteiger partial charge in [0, 0.05) is 31.4 Å². The molecule has 1 atom stereocenters. The minimum absolute atomic E-state index is 0.119. The van der Waals surface area contributed by atoms with Crippen molar-refractivity contribution in [3.05, 3.63) is 30.5 Å². The van der Waals surface area contributed by atoms with Gasteiger partial charge >= 0.3 is 5.97 Å². The smallest absolute Gasteiger partial charge is 0.308 e. The van der Waals surface area contributed by atoms with Gasteiger partial charge < -0.3 is 15.2 Å². The Morgan fingerprint density at radius 1 is 1.13 bits per heavy atom. The van der Waals surface area contributed by atoms with E-state index in [1.54, 1.807) is 0 Å². The summed E-state index contributed by atoms with van der Waals surface area (Å²) in [6.45, 7) is 4.15. The number of unbranched alkanes of at least 4 members (excludes halogenated alkanes) is 1. The zero-order chi connectivity index (χ0) is 27.4. The van der Waals surface area contributed by atoms with Gasteiger partial charge in [0.1, 0.15) is 16.7 Å². The number of benzene rings is 1. The van der Waals surface area contributed by atoms with E-state index in [2.05, 4.69) is 17.2 Å². The molecular formula is C28H38N6O4S. The fraction of sp³-hybridized carbons (Fsp3) is 0.571. The van der Waals surface area contributed by atoms with Crippen molar-refractivity contribution in [3.63, 3.8) is 0 Å². The van der Waals surface area contributed by atoms with Crippen LogP contribution in [0.15, 0.2) is 35.4 Å². The normalized spacial score (nSPS) is 21.6. The van der Waals surface area contributed by atoms with Gasteiger partial charge in [-0.25, -0.2) is 18.2 Å². The average Bonchev–Trinajstić information content (AvgIpc) is 3.36. The number of methoxy groups -OCH3 is 1. The van der Waals surface area contributed by atoms with E-state index in [0.717, 1.165) is 72.3 Å². The molecule has 2 aromatic heterocycles. The Kier molecular flexibility index (Phi) is 8.89. The summed E-state index contributed by atoms with van der Waals surface area (Å²) in [5, 5.41) is 19.2. The van der Waals surface area contributed by atoms with Crippen LogP contribution in [-0.2, 0) is 20.5 Å². The molecule has 1 aliphatic carbocycles. The SMILES string of the molecule is CCCCNc1ncc2c(-c3ccc(S(=O)N4CCC(C(=O)OC)CC4)cc3)nn(C3CCC(O)CC3)c2n1. The van der Waals surface area contributed by atoms with Crippen LogP contribution in [0.25, 0.3) is 22.3 Å². The largest absolute Gasteiger partial charge is 0.469 e. The van der Waals surface area contributed by atoms with Crippen LogP contribution in [0.1, 0.15) is 64.3 Å². The van der Waals surface area contributed by atoms with Crippen molar-refractivity contribution in [1.29, 1.82) is 0 Å². The first-order chi connectivity index (χ1) is 19.0. The molecule has 0 radical (unpaired) electrons. The molecule has 1 unspecified atom stereocenters. The van der Waals surface area contributed by atoms with E-state index in [0.29, 0.717) is 31.9 Å². The Bertz CT molecular complexity index is 1300. The van der Waals surface area contributed by atoms with Crippen molar-refractivity contribution in [2.45, 2.75) is 75.3 Å². The number of hydrogen-bond acceptors (Lipinski definition) is 8. The molecule has 2 aliphatic rings. The lowest BCUT2D eigenvalue weighted by atomic mass is 9.93. The van der Waals surface area contributed by atoms with Crippen LogP contribution in [0.5, 0.6) is 0 Å². The van der Waals surface area contributed by atoms with Crippen molar-refractivity contribution in [1.82, 2.24) is 24.1 Å². The number of nitrogens with one attached hydrogen (secondary N) is 1. The molecule has 2 fully saturated rings. The first-order valence-electron chi connectivity index (χ1n) is 14.0. The number of esters is 1. The number of rotatable bonds is 9. The standard InChI is InChI=1S/C28H38N6O4S/c1-3-4-15-29-28-30-18-24-25(32-34(26(24)31-28)21-7-9-22(35)10-8-21)19-5-11-23(12-6-19)39(37)33-16-13-20(14-17-33)27(36)38-2/h5-6,11-12,18,20-22,35H,3-4,7-10,13-17H2,1-2H3,(H,29,30,31). The molecule has 2 N–H and O–H groups in total. The molecule has 210 valence electrons. The maximum absolute atomic E-state index is 13.2. The number of anilines is 1. The molecule has 1 aliphatic heterocycles. The molecule has 1 saturated carbocycles. The minimum Gasteiger partial charge on any atom is -0.469 e. The molecule has 39 heavy (non-hydrogen) atoms. The number of fused-ring (bicyclic) bond motifs is 1. The highest BCUT2D eigenvalue weighted by atomic mass is 32.2. The number of aliphatic hydroxyl groups is 1. The Morgan fingerprint density at radius 3 is 2.51 bits per heavy atom. The predicted molar refractivity (Wildman–Crippen MR) is 150 cm³/mol. The van der Waals surface area contributed by atoms with Gasteiger partial charge in [-0.3, -0.25) is 4.79 Å². The second kappa shape index (κ2) is 12.5. The Labute approximate surface area is 231 Å². The van der Waals surface area contributed by atoms with Gasteiger partial charge in [0.05, 0.1) is 35.5 Å². The van der Waals surface area contributed by atoms with Crippen LogP contribution >= 0.6 is 0 Å². The number of carbonyl (C=O) groups is 1. The van der Waals surface area contributed by atoms with Crippen LogP contribution in [-0.4, -0.2) is 72.2 Å². The second-order valence-electron chi connectivity index (χ2n) is 10.5. The van der Waals surface area contributed by atoms with Crippen molar-refractivity contribution < 1.29 is 18.8 Å². The van der Waals surface area contributed by atoms with Gasteiger partial charge in [0.25, 0.3) is 0 Å². The zero-order valence-electron chi connectivity index (χ0n) is 22.7. The quantitative estimate of drug-likeness (QED) is 0.300. The second-order valence-corrected chi connectivity index (χ2v) is 12.0. The fourth-order valence-corrected chi connectivity index (χ4v) is 6.67. The van der Waals surface area contributed by atoms with Crippen LogP contribution < -0.4 is 5.32 Å². The average molecular weight is 555 g/mol. The number of aliphatic hydroxyl groups excluding tert-OH is 1. The van der Waals surface area contributed by atoms with E-state index in [4.69, 9.17) is 14.8 Å². The van der Waals surface area contributed by atoms with E-state index >= 15 is 0 Å². The van der Waals surface area contributed by atoms with Crippen LogP contribution in [0.3, 0.4) is 0 Å². The molecule has 3 heterocycles. The zero-order valence-corrected chi connectivity index (χ0v) is 23.5. The highest BCUT2D eigenvalue weighted by Crippen LogP contribution is 2.35. The molecule has 10 nitrogen and oxygen atoms in total. The number of carbonyl (C=O) groups excluding carboxylic acids is 1. The molecule has 5 rings (SSSR count). The number of ether oxygens (including phenoxy) is 1. The highest BCUT2D eigenvalue weighted by molar-refractivity contribution is 7.82. The Hall–Kier alpha value is -2.89. The van der Waals surface area contributed by atoms with Crippen molar-refractivity contribution >= 4 is 33.9 Å². The fourth-order valence-electron chi connectivity index (χ4n) is 5.46. The summed E-state index contributed by atoms with van der Waals surface area (Å²) in [5.74, 6) is 0.293. The summed E-state index contributed by atoms with van der Waals surface area (Å²) < 4.78 is 22.0. The molecule has 0 amide bonds. The van der Waals surface area contributed by atoms with Gasteiger partial charge in [-0.05, 0) is 57.1 Å². The van der Waals surface area contributed by atoms with E-state index in [9.17, 15) is 14.1 Å². The minimum atomic E-state index is -1.30. The van der Waals surface area contributed by atoms with Crippen molar-refractivity contribution in [3.8, 4) is 11.3 Å². The van der Waals surface area contributed by atoms with Crippen LogP contribution in [0, 0.1) is 5.92 Å². The van der Waals surface area contributed by atoms with E-state index in [1.807, 2.05) is 39.4 Å². The summed E-state index contributed by atoms with van der Waals surface area (Å²) in [5.41, 5.74) is 2.50. The third-order valence-electron chi connectivity index (χ3n) is 7.83. The number of piperidine rings is 1. The van der Waals surface area contributed by atoms with Gasteiger partial charge in [-0.2, -0.15) is 10.1 Å². The molecule has 0 spiro atoms. The third-order valence-corrected chi connectivity index (χ3v) is 9.34. The predicted octanol–water partition coefficient (Wildman–Crippen LogP) is 4.09. The maximum Gasteiger partial charge on any atom is 0.308 e. The van der Waals surface area contributed by atoms with E-state index in [-0.39, 0.29) is 24.0 Å². The molecule has 1 aromatic carbocycles. The van der Waals surface area contributed by atoms with Gasteiger partial charge in [0.2, 0.25) is 5.95 Å². The van der Waals surface area contributed by atoms with Gasteiger partial charge in [-0.15, -0.1) is 0 Å². The lowest BCUT2D eigenvalue weighted by molar-refractivity contribution is -0.146. The lowest BCUT2D eigenvalue weighted by Gasteiger charge is -2.29. The van der Waals surface area contributed by atoms with Crippen LogP contribution in [0.4, 0.5) is 5.95 Å². The number of nitrogens with zero attached hydrogens (tertiary/aromatic N) is 5. The number of hydrogen-bond donors (Lipinski definition) is 2. The molecule has 3 aromatic rings. The highest BCUT2D eigenvalue weighted by Gasteiger charge is 2.29. The van der Waals surface area contributed by atoms with E-state index < -0.39 is 11.0 Å². The molecule has 1 saturated heterocycles. The third kappa shape index (κ3) is 6.15. The van der Waals surface area contributed by atoms with Crippen molar-refractivity contribution in [2.75, 3.05) is 32.1 Å². The van der Waals surface area contributed by atoms with Crippen LogP contribution in [0.2, 0.25) is 0 Å². The topological polar surface area (TPSA) is 122 Å². The van der Waals surface area contributed by atoms with Gasteiger partial charge in [0.15, 0.2) is 5.65 Å². The molecule has 11 heteroatoms. The molecule has 0 bridgehead atoms. The Balaban J connectivity index is 1.38. The summed E-state index contributed by atoms with van der Waals surface area (Å²) in [7, 11) is 0.110. The summed E-state index contributed by atoms with van der Waals surface area (Å²) >= 11 is 0. The summed E-state index contributed by atoms with van der Waals surface area (Å²) in [4.78, 5) is 22.0. The van der Waals surface area contributed by atoms with E-state index in [1.165, 1.54) is 7.11 Å². The molecular weight excluding hydrogens is 516 g/mol. The first-order valence-corrected chi connectivity index (χ1v) is 15.1. The Morgan fingerprint density at radius 2 is 1.85 bits per heavy atom.